The summed E-state index contributed by atoms with van der Waals surface area (Å²) in [6.07, 6.45) is 1.75. The number of hydrogen-bond acceptors (Lipinski definition) is 5. The van der Waals surface area contributed by atoms with Gasteiger partial charge in [-0.05, 0) is 63.6 Å². The molecule has 0 saturated carbocycles. The molecule has 0 saturated heterocycles. The Morgan fingerprint density at radius 3 is 2.39 bits per heavy atom. The average molecular weight is 379 g/mol. The molecular formula is C23H25NO4. The normalized spacial score (nSPS) is 14.0. The molecule has 0 spiro atoms. The summed E-state index contributed by atoms with van der Waals surface area (Å²) in [5, 5.41) is 0. The Balaban J connectivity index is 1.83. The van der Waals surface area contributed by atoms with Gasteiger partial charge < -0.3 is 14.4 Å². The minimum Gasteiger partial charge on any atom is -0.485 e. The maximum atomic E-state index is 12.7. The molecule has 0 bridgehead atoms. The lowest BCUT2D eigenvalue weighted by atomic mass is 10.1. The Morgan fingerprint density at radius 2 is 1.79 bits per heavy atom. The molecule has 2 aromatic carbocycles. The predicted molar refractivity (Wildman–Crippen MR) is 110 cm³/mol. The number of fused-ring (bicyclic) bond motifs is 1. The Hall–Kier alpha value is -3.08. The highest BCUT2D eigenvalue weighted by molar-refractivity contribution is 6.15. The number of carbonyl (C=O) groups excluding carboxylic acids is 2. The average Bonchev–Trinajstić information content (AvgIpc) is 3.00. The van der Waals surface area contributed by atoms with Crippen LogP contribution in [0.5, 0.6) is 11.5 Å². The quantitative estimate of drug-likeness (QED) is 0.667. The number of hydrogen-bond donors (Lipinski definition) is 0. The molecule has 5 heteroatoms. The lowest BCUT2D eigenvalue weighted by molar-refractivity contribution is -0.118. The summed E-state index contributed by atoms with van der Waals surface area (Å²) in [5.41, 5.74) is 3.28. The zero-order valence-corrected chi connectivity index (χ0v) is 16.7. The number of nitrogens with zero attached hydrogens (tertiary/aromatic N) is 1. The van der Waals surface area contributed by atoms with Gasteiger partial charge in [0.2, 0.25) is 5.78 Å². The molecule has 0 atom stereocenters. The summed E-state index contributed by atoms with van der Waals surface area (Å²) < 4.78 is 11.4. The van der Waals surface area contributed by atoms with E-state index >= 15 is 0 Å². The SMILES string of the molecule is CCN(CC)c1ccc(/C=C2\Oc3c(ccc(OCC(C)=O)c3C)C2=O)cc1. The van der Waals surface area contributed by atoms with E-state index in [-0.39, 0.29) is 23.9 Å². The van der Waals surface area contributed by atoms with Crippen LogP contribution in [0.2, 0.25) is 0 Å². The minimum atomic E-state index is -0.149. The van der Waals surface area contributed by atoms with E-state index in [0.29, 0.717) is 22.6 Å². The number of anilines is 1. The molecule has 2 aromatic rings. The highest BCUT2D eigenvalue weighted by atomic mass is 16.5. The van der Waals surface area contributed by atoms with E-state index in [2.05, 4.69) is 18.7 Å². The van der Waals surface area contributed by atoms with Gasteiger partial charge >= 0.3 is 0 Å². The van der Waals surface area contributed by atoms with Gasteiger partial charge in [0, 0.05) is 24.3 Å². The van der Waals surface area contributed by atoms with Crippen molar-refractivity contribution in [2.75, 3.05) is 24.6 Å². The van der Waals surface area contributed by atoms with Gasteiger partial charge in [-0.1, -0.05) is 12.1 Å². The van der Waals surface area contributed by atoms with E-state index in [1.54, 1.807) is 18.2 Å². The van der Waals surface area contributed by atoms with Gasteiger partial charge in [-0.25, -0.2) is 0 Å². The van der Waals surface area contributed by atoms with Gasteiger partial charge in [-0.15, -0.1) is 0 Å². The highest BCUT2D eigenvalue weighted by Gasteiger charge is 2.30. The fourth-order valence-electron chi connectivity index (χ4n) is 3.23. The number of Topliss-reactive ketones (excluding diaryl/α,β-unsaturated/α-hetero) is 2. The first-order valence-corrected chi connectivity index (χ1v) is 9.49. The van der Waals surface area contributed by atoms with Gasteiger partial charge in [0.1, 0.15) is 18.1 Å². The first-order chi connectivity index (χ1) is 13.4. The van der Waals surface area contributed by atoms with Crippen LogP contribution in [0.3, 0.4) is 0 Å². The van der Waals surface area contributed by atoms with Gasteiger partial charge in [-0.2, -0.15) is 0 Å². The monoisotopic (exact) mass is 379 g/mol. The zero-order chi connectivity index (χ0) is 20.3. The van der Waals surface area contributed by atoms with Gasteiger partial charge in [-0.3, -0.25) is 9.59 Å². The molecule has 1 heterocycles. The maximum absolute atomic E-state index is 12.7. The molecule has 0 N–H and O–H groups in total. The van der Waals surface area contributed by atoms with Crippen LogP contribution in [0.1, 0.15) is 42.3 Å². The Morgan fingerprint density at radius 1 is 1.11 bits per heavy atom. The molecule has 1 aliphatic heterocycles. The largest absolute Gasteiger partial charge is 0.485 e. The summed E-state index contributed by atoms with van der Waals surface area (Å²) in [6, 6.07) is 11.4. The lowest BCUT2D eigenvalue weighted by Gasteiger charge is -2.20. The number of ketones is 2. The molecule has 1 aliphatic rings. The summed E-state index contributed by atoms with van der Waals surface area (Å²) in [6.45, 7) is 9.42. The lowest BCUT2D eigenvalue weighted by Crippen LogP contribution is -2.21. The van der Waals surface area contributed by atoms with Crippen LogP contribution in [0.15, 0.2) is 42.2 Å². The van der Waals surface area contributed by atoms with Crippen molar-refractivity contribution in [3.05, 3.63) is 58.8 Å². The van der Waals surface area contributed by atoms with Crippen molar-refractivity contribution in [3.8, 4) is 11.5 Å². The minimum absolute atomic E-state index is 0.00481. The molecule has 0 fully saturated rings. The standard InChI is InChI=1S/C23H25NO4/c1-5-24(6-2)18-9-7-17(8-10-18)13-21-22(26)19-11-12-20(27-14-15(3)25)16(4)23(19)28-21/h7-13H,5-6,14H2,1-4H3/b21-13-. The maximum Gasteiger partial charge on any atom is 0.231 e. The van der Waals surface area contributed by atoms with E-state index in [1.807, 2.05) is 31.2 Å². The second-order valence-corrected chi connectivity index (χ2v) is 6.76. The fourth-order valence-corrected chi connectivity index (χ4v) is 3.23. The molecule has 0 radical (unpaired) electrons. The van der Waals surface area contributed by atoms with E-state index in [9.17, 15) is 9.59 Å². The van der Waals surface area contributed by atoms with Crippen molar-refractivity contribution in [3.63, 3.8) is 0 Å². The van der Waals surface area contributed by atoms with Crippen LogP contribution < -0.4 is 14.4 Å². The predicted octanol–water partition coefficient (Wildman–Crippen LogP) is 4.43. The molecule has 0 unspecified atom stereocenters. The highest BCUT2D eigenvalue weighted by Crippen LogP contribution is 2.39. The molecule has 0 amide bonds. The summed E-state index contributed by atoms with van der Waals surface area (Å²) in [4.78, 5) is 26.1. The second kappa shape index (κ2) is 8.30. The number of allylic oxidation sites excluding steroid dienone is 1. The number of benzene rings is 2. The number of rotatable bonds is 7. The first kappa shape index (κ1) is 19.7. The van der Waals surface area contributed by atoms with Crippen molar-refractivity contribution < 1.29 is 19.1 Å². The van der Waals surface area contributed by atoms with Crippen LogP contribution >= 0.6 is 0 Å². The van der Waals surface area contributed by atoms with Crippen LogP contribution in [0, 0.1) is 6.92 Å². The number of carbonyl (C=O) groups is 2. The van der Waals surface area contributed by atoms with Crippen molar-refractivity contribution in [2.45, 2.75) is 27.7 Å². The molecule has 5 nitrogen and oxygen atoms in total. The molecule has 0 aromatic heterocycles. The van der Waals surface area contributed by atoms with Crippen LogP contribution in [0.25, 0.3) is 6.08 Å². The van der Waals surface area contributed by atoms with Gasteiger partial charge in [0.25, 0.3) is 0 Å². The van der Waals surface area contributed by atoms with E-state index in [1.165, 1.54) is 6.92 Å². The van der Waals surface area contributed by atoms with Gasteiger partial charge in [0.15, 0.2) is 11.5 Å². The van der Waals surface area contributed by atoms with Crippen LogP contribution in [-0.4, -0.2) is 31.3 Å². The van der Waals surface area contributed by atoms with E-state index < -0.39 is 0 Å². The number of ether oxygens (including phenoxy) is 2. The van der Waals surface area contributed by atoms with E-state index in [4.69, 9.17) is 9.47 Å². The van der Waals surface area contributed by atoms with Crippen molar-refractivity contribution >= 4 is 23.3 Å². The summed E-state index contributed by atoms with van der Waals surface area (Å²) in [5.74, 6) is 1.12. The summed E-state index contributed by atoms with van der Waals surface area (Å²) in [7, 11) is 0. The molecule has 146 valence electrons. The third-order valence-corrected chi connectivity index (χ3v) is 4.79. The topological polar surface area (TPSA) is 55.8 Å². The first-order valence-electron chi connectivity index (χ1n) is 9.49. The van der Waals surface area contributed by atoms with Crippen LogP contribution in [0.4, 0.5) is 5.69 Å². The third kappa shape index (κ3) is 3.93. The molecule has 3 rings (SSSR count). The zero-order valence-electron chi connectivity index (χ0n) is 16.7. The Kier molecular flexibility index (Phi) is 5.83. The summed E-state index contributed by atoms with van der Waals surface area (Å²) >= 11 is 0. The Bertz CT molecular complexity index is 924. The Labute approximate surface area is 165 Å². The van der Waals surface area contributed by atoms with Crippen molar-refractivity contribution in [1.29, 1.82) is 0 Å². The molecule has 28 heavy (non-hydrogen) atoms. The molecular weight excluding hydrogens is 354 g/mol. The smallest absolute Gasteiger partial charge is 0.231 e. The third-order valence-electron chi connectivity index (χ3n) is 4.79. The van der Waals surface area contributed by atoms with Crippen molar-refractivity contribution in [2.24, 2.45) is 0 Å². The van der Waals surface area contributed by atoms with Crippen LogP contribution in [-0.2, 0) is 4.79 Å². The fraction of sp³-hybridized carbons (Fsp3) is 0.304. The second-order valence-electron chi connectivity index (χ2n) is 6.76. The van der Waals surface area contributed by atoms with Gasteiger partial charge in [0.05, 0.1) is 5.56 Å². The molecule has 0 aliphatic carbocycles. The van der Waals surface area contributed by atoms with Crippen molar-refractivity contribution in [1.82, 2.24) is 0 Å². The van der Waals surface area contributed by atoms with E-state index in [0.717, 1.165) is 24.3 Å².